The molecule has 2 aliphatic heterocycles. The van der Waals surface area contributed by atoms with E-state index < -0.39 is 0 Å². The number of hydrogen-bond acceptors (Lipinski definition) is 2. The molecule has 232 valence electrons. The third kappa shape index (κ3) is 3.37. The first-order valence-corrected chi connectivity index (χ1v) is 17.3. The maximum absolute atomic E-state index is 5.32. The van der Waals surface area contributed by atoms with E-state index in [1.165, 1.54) is 87.5 Å². The van der Waals surface area contributed by atoms with Crippen LogP contribution >= 0.6 is 0 Å². The van der Waals surface area contributed by atoms with E-state index in [1.807, 2.05) is 0 Å². The first kappa shape index (κ1) is 26.3. The lowest BCUT2D eigenvalue weighted by atomic mass is 9.94. The molecule has 0 radical (unpaired) electrons. The molecule has 1 atom stereocenters. The fraction of sp³-hybridized carbons (Fsp3) is 0.0217. The van der Waals surface area contributed by atoms with Gasteiger partial charge in [0.05, 0.1) is 39.2 Å². The molecule has 0 saturated carbocycles. The zero-order valence-electron chi connectivity index (χ0n) is 26.9. The molecule has 4 heterocycles. The van der Waals surface area contributed by atoms with Crippen LogP contribution in [0.2, 0.25) is 0 Å². The van der Waals surface area contributed by atoms with Crippen molar-refractivity contribution < 1.29 is 0 Å². The van der Waals surface area contributed by atoms with Gasteiger partial charge in [0.1, 0.15) is 6.17 Å². The van der Waals surface area contributed by atoms with Crippen molar-refractivity contribution in [1.82, 2.24) is 9.13 Å². The molecule has 12 rings (SSSR count). The molecule has 8 aromatic carbocycles. The quantitative estimate of drug-likeness (QED) is 0.201. The molecule has 0 saturated heterocycles. The predicted octanol–water partition coefficient (Wildman–Crippen LogP) is 11.9. The van der Waals surface area contributed by atoms with Crippen molar-refractivity contribution in [2.45, 2.75) is 6.17 Å². The Morgan fingerprint density at radius 3 is 1.98 bits per heavy atom. The summed E-state index contributed by atoms with van der Waals surface area (Å²) >= 11 is 0. The Kier molecular flexibility index (Phi) is 5.00. The smallest absolute Gasteiger partial charge is 0.148 e. The number of nitrogens with zero attached hydrogens (tertiary/aromatic N) is 3. The van der Waals surface area contributed by atoms with Crippen LogP contribution in [0.5, 0.6) is 0 Å². The van der Waals surface area contributed by atoms with Gasteiger partial charge in [-0.05, 0) is 93.3 Å². The van der Waals surface area contributed by atoms with Crippen molar-refractivity contribution in [1.29, 1.82) is 0 Å². The second-order valence-corrected chi connectivity index (χ2v) is 13.6. The monoisotopic (exact) mass is 636 g/mol. The SMILES string of the molecule is c1ccc(-n2c3ccc(-c4cc5c6c(c4)c4c7ccccc7ccc4n6C4Nc6ccccc6N=C54)cc3c3c4ccccc4ccc32)cc1. The molecular formula is C46H28N4. The van der Waals surface area contributed by atoms with Crippen molar-refractivity contribution in [3.8, 4) is 16.8 Å². The molecular weight excluding hydrogens is 609 g/mol. The van der Waals surface area contributed by atoms with Gasteiger partial charge in [-0.2, -0.15) is 0 Å². The van der Waals surface area contributed by atoms with Crippen LogP contribution in [0, 0.1) is 0 Å². The minimum absolute atomic E-state index is 0.0750. The molecule has 1 unspecified atom stereocenters. The zero-order chi connectivity index (χ0) is 32.5. The van der Waals surface area contributed by atoms with Crippen LogP contribution in [0.15, 0.2) is 163 Å². The van der Waals surface area contributed by atoms with Crippen LogP contribution in [0.1, 0.15) is 11.7 Å². The molecule has 1 N–H and O–H groups in total. The fourth-order valence-electron chi connectivity index (χ4n) is 8.90. The molecule has 2 aromatic heterocycles. The first-order valence-electron chi connectivity index (χ1n) is 17.3. The highest BCUT2D eigenvalue weighted by Crippen LogP contribution is 2.48. The number of aliphatic imine (C=N–C) groups is 1. The summed E-state index contributed by atoms with van der Waals surface area (Å²) in [6, 6.07) is 57.6. The Bertz CT molecular complexity index is 3120. The highest BCUT2D eigenvalue weighted by Gasteiger charge is 2.36. The van der Waals surface area contributed by atoms with E-state index in [0.717, 1.165) is 17.1 Å². The van der Waals surface area contributed by atoms with Crippen molar-refractivity contribution >= 4 is 82.2 Å². The number of hydrogen-bond donors (Lipinski definition) is 1. The minimum atomic E-state index is -0.0750. The molecule has 0 aliphatic carbocycles. The lowest BCUT2D eigenvalue weighted by molar-refractivity contribution is 0.779. The lowest BCUT2D eigenvalue weighted by Gasteiger charge is -2.25. The summed E-state index contributed by atoms with van der Waals surface area (Å²) in [5, 5.41) is 14.0. The Morgan fingerprint density at radius 2 is 1.16 bits per heavy atom. The van der Waals surface area contributed by atoms with Gasteiger partial charge < -0.3 is 14.5 Å². The van der Waals surface area contributed by atoms with Crippen molar-refractivity contribution in [2.24, 2.45) is 4.99 Å². The standard InChI is InChI=1S/C46H28N4/c1-2-12-31(13-3-1)49-39-21-20-29(24-34(39)42-32-14-6-4-10-27(32)18-22-40(42)49)30-25-35-43-33-15-7-5-11-28(33)19-23-41(43)50-45(35)36(26-30)44-46(50)48-38-17-9-8-16-37(38)47-44/h1-26,46,48H. The molecule has 10 aromatic rings. The summed E-state index contributed by atoms with van der Waals surface area (Å²) < 4.78 is 4.89. The lowest BCUT2D eigenvalue weighted by Crippen LogP contribution is -2.24. The molecule has 2 aliphatic rings. The van der Waals surface area contributed by atoms with Crippen LogP contribution in [-0.2, 0) is 0 Å². The summed E-state index contributed by atoms with van der Waals surface area (Å²) in [5.41, 5.74) is 12.8. The minimum Gasteiger partial charge on any atom is -0.358 e. The second kappa shape index (κ2) is 9.49. The molecule has 4 heteroatoms. The average Bonchev–Trinajstić information content (AvgIpc) is 3.81. The maximum Gasteiger partial charge on any atom is 0.148 e. The third-order valence-electron chi connectivity index (χ3n) is 11.0. The van der Waals surface area contributed by atoms with Crippen molar-refractivity contribution in [2.75, 3.05) is 5.32 Å². The summed E-state index contributed by atoms with van der Waals surface area (Å²) in [6.45, 7) is 0. The van der Waals surface area contributed by atoms with Gasteiger partial charge in [0, 0.05) is 32.8 Å². The van der Waals surface area contributed by atoms with E-state index in [1.54, 1.807) is 0 Å². The molecule has 0 amide bonds. The van der Waals surface area contributed by atoms with Gasteiger partial charge in [-0.25, -0.2) is 4.99 Å². The number of rotatable bonds is 2. The Morgan fingerprint density at radius 1 is 0.500 bits per heavy atom. The Labute approximate surface area is 287 Å². The summed E-state index contributed by atoms with van der Waals surface area (Å²) in [4.78, 5) is 5.32. The second-order valence-electron chi connectivity index (χ2n) is 13.6. The number of aromatic nitrogens is 2. The largest absolute Gasteiger partial charge is 0.358 e. The van der Waals surface area contributed by atoms with Gasteiger partial charge in [-0.1, -0.05) is 97.1 Å². The summed E-state index contributed by atoms with van der Waals surface area (Å²) in [7, 11) is 0. The van der Waals surface area contributed by atoms with Gasteiger partial charge in [0.15, 0.2) is 0 Å². The number of fused-ring (bicyclic) bond motifs is 14. The normalized spacial score (nSPS) is 14.9. The topological polar surface area (TPSA) is 34.2 Å². The van der Waals surface area contributed by atoms with Crippen LogP contribution in [0.4, 0.5) is 11.4 Å². The molecule has 0 bridgehead atoms. The van der Waals surface area contributed by atoms with E-state index >= 15 is 0 Å². The van der Waals surface area contributed by atoms with E-state index in [2.05, 4.69) is 172 Å². The van der Waals surface area contributed by atoms with Crippen LogP contribution in [0.3, 0.4) is 0 Å². The number of nitrogens with one attached hydrogen (secondary N) is 1. The van der Waals surface area contributed by atoms with Crippen LogP contribution < -0.4 is 5.32 Å². The maximum atomic E-state index is 5.32. The van der Waals surface area contributed by atoms with Gasteiger partial charge in [-0.3, -0.25) is 0 Å². The zero-order valence-corrected chi connectivity index (χ0v) is 26.9. The Hall–Kier alpha value is -6.65. The molecule has 50 heavy (non-hydrogen) atoms. The number of anilines is 1. The highest BCUT2D eigenvalue weighted by molar-refractivity contribution is 6.30. The van der Waals surface area contributed by atoms with Gasteiger partial charge in [-0.15, -0.1) is 0 Å². The highest BCUT2D eigenvalue weighted by atomic mass is 15.2. The fourth-order valence-corrected chi connectivity index (χ4v) is 8.90. The first-order chi connectivity index (χ1) is 24.8. The van der Waals surface area contributed by atoms with Crippen LogP contribution in [-0.4, -0.2) is 14.8 Å². The molecule has 0 spiro atoms. The van der Waals surface area contributed by atoms with E-state index in [0.29, 0.717) is 0 Å². The van der Waals surface area contributed by atoms with E-state index in [9.17, 15) is 0 Å². The summed E-state index contributed by atoms with van der Waals surface area (Å²) in [6.07, 6.45) is -0.0750. The third-order valence-corrected chi connectivity index (χ3v) is 11.0. The summed E-state index contributed by atoms with van der Waals surface area (Å²) in [5.74, 6) is 0. The average molecular weight is 637 g/mol. The molecule has 0 fully saturated rings. The number of benzene rings is 8. The predicted molar refractivity (Wildman–Crippen MR) is 210 cm³/mol. The van der Waals surface area contributed by atoms with Gasteiger partial charge in [0.2, 0.25) is 0 Å². The van der Waals surface area contributed by atoms with E-state index in [-0.39, 0.29) is 6.17 Å². The van der Waals surface area contributed by atoms with Gasteiger partial charge in [0.25, 0.3) is 0 Å². The Balaban J connectivity index is 1.19. The molecule has 4 nitrogen and oxygen atoms in total. The number of para-hydroxylation sites is 3. The van der Waals surface area contributed by atoms with Crippen LogP contribution in [0.25, 0.3) is 82.0 Å². The van der Waals surface area contributed by atoms with Crippen molar-refractivity contribution in [3.05, 3.63) is 163 Å². The van der Waals surface area contributed by atoms with E-state index in [4.69, 9.17) is 4.99 Å². The van der Waals surface area contributed by atoms with Gasteiger partial charge >= 0.3 is 0 Å². The van der Waals surface area contributed by atoms with Crippen molar-refractivity contribution in [3.63, 3.8) is 0 Å².